The van der Waals surface area contributed by atoms with Crippen molar-refractivity contribution in [3.8, 4) is 0 Å². The van der Waals surface area contributed by atoms with Crippen molar-refractivity contribution in [1.29, 1.82) is 0 Å². The summed E-state index contributed by atoms with van der Waals surface area (Å²) in [6.07, 6.45) is 0. The maximum absolute atomic E-state index is 10.7. The van der Waals surface area contributed by atoms with Gasteiger partial charge in [-0.3, -0.25) is 4.79 Å². The Morgan fingerprint density at radius 1 is 1.62 bits per heavy atom. The number of thioether (sulfide) groups is 1. The van der Waals surface area contributed by atoms with Gasteiger partial charge in [0.2, 0.25) is 0 Å². The molecule has 1 heterocycles. The Morgan fingerprint density at radius 3 is 2.85 bits per heavy atom. The molecule has 0 radical (unpaired) electrons. The predicted molar refractivity (Wildman–Crippen MR) is 53.2 cm³/mol. The van der Waals surface area contributed by atoms with Gasteiger partial charge in [-0.2, -0.15) is 0 Å². The molecule has 0 aliphatic heterocycles. The summed E-state index contributed by atoms with van der Waals surface area (Å²) in [4.78, 5) is 18.7. The van der Waals surface area contributed by atoms with Gasteiger partial charge in [0.15, 0.2) is 0 Å². The lowest BCUT2D eigenvalue weighted by Crippen LogP contribution is -1.96. The Hall–Kier alpha value is -0.610. The van der Waals surface area contributed by atoms with Crippen LogP contribution in [0, 0.1) is 6.92 Å². The lowest BCUT2D eigenvalue weighted by molar-refractivity contribution is -0.114. The van der Waals surface area contributed by atoms with E-state index < -0.39 is 0 Å². The lowest BCUT2D eigenvalue weighted by Gasteiger charge is -1.99. The molecule has 0 aliphatic rings. The van der Waals surface area contributed by atoms with E-state index in [0.29, 0.717) is 16.7 Å². The molecule has 13 heavy (non-hydrogen) atoms. The summed E-state index contributed by atoms with van der Waals surface area (Å²) in [5, 5.41) is 1.16. The van der Waals surface area contributed by atoms with Crippen LogP contribution in [0.25, 0.3) is 0 Å². The fourth-order valence-electron chi connectivity index (χ4n) is 0.755. The van der Waals surface area contributed by atoms with Gasteiger partial charge in [0.05, 0.1) is 5.75 Å². The van der Waals surface area contributed by atoms with Crippen molar-refractivity contribution in [3.63, 3.8) is 0 Å². The van der Waals surface area contributed by atoms with Crippen molar-refractivity contribution in [3.05, 3.63) is 17.0 Å². The molecule has 0 unspecified atom stereocenters. The second-order valence-electron chi connectivity index (χ2n) is 2.57. The molecule has 5 heteroatoms. The monoisotopic (exact) mass is 216 g/mol. The molecule has 0 aliphatic carbocycles. The van der Waals surface area contributed by atoms with Gasteiger partial charge in [-0.05, 0) is 13.8 Å². The predicted octanol–water partition coefficient (Wildman–Crippen LogP) is 2.12. The van der Waals surface area contributed by atoms with Gasteiger partial charge in [0.25, 0.3) is 0 Å². The minimum absolute atomic E-state index is 0.123. The average Bonchev–Trinajstić information content (AvgIpc) is 1.99. The van der Waals surface area contributed by atoms with Crippen LogP contribution in [0.4, 0.5) is 0 Å². The van der Waals surface area contributed by atoms with Crippen LogP contribution in [0.2, 0.25) is 5.15 Å². The second kappa shape index (κ2) is 4.58. The maximum atomic E-state index is 10.7. The third-order valence-electron chi connectivity index (χ3n) is 1.21. The summed E-state index contributed by atoms with van der Waals surface area (Å²) < 4.78 is 0. The molecule has 0 saturated heterocycles. The van der Waals surface area contributed by atoms with E-state index in [9.17, 15) is 4.79 Å². The molecule has 1 aromatic rings. The summed E-state index contributed by atoms with van der Waals surface area (Å²) in [6.45, 7) is 3.31. The minimum Gasteiger partial charge on any atom is -0.299 e. The first-order valence-corrected chi connectivity index (χ1v) is 5.07. The van der Waals surface area contributed by atoms with Crippen LogP contribution in [-0.2, 0) is 4.79 Å². The summed E-state index contributed by atoms with van der Waals surface area (Å²) in [5.41, 5.74) is 0. The molecule has 70 valence electrons. The first-order chi connectivity index (χ1) is 6.08. The summed E-state index contributed by atoms with van der Waals surface area (Å²) >= 11 is 7.09. The molecule has 0 spiro atoms. The molecule has 0 fully saturated rings. The summed E-state index contributed by atoms with van der Waals surface area (Å²) in [6, 6.07) is 1.65. The normalized spacial score (nSPS) is 10.1. The number of carbonyl (C=O) groups is 1. The highest BCUT2D eigenvalue weighted by Crippen LogP contribution is 2.18. The average molecular weight is 217 g/mol. The maximum Gasteiger partial charge on any atom is 0.140 e. The van der Waals surface area contributed by atoms with Gasteiger partial charge in [-0.25, -0.2) is 9.97 Å². The topological polar surface area (TPSA) is 42.9 Å². The van der Waals surface area contributed by atoms with Crippen molar-refractivity contribution in [2.45, 2.75) is 18.9 Å². The van der Waals surface area contributed by atoms with E-state index in [4.69, 9.17) is 11.6 Å². The number of hydrogen-bond acceptors (Lipinski definition) is 4. The minimum atomic E-state index is 0.123. The van der Waals surface area contributed by atoms with Crippen molar-refractivity contribution >= 4 is 29.1 Å². The van der Waals surface area contributed by atoms with Crippen molar-refractivity contribution < 1.29 is 4.79 Å². The summed E-state index contributed by atoms with van der Waals surface area (Å²) in [5.74, 6) is 1.17. The SMILES string of the molecule is CC(=O)CSc1cc(Cl)nc(C)n1. The van der Waals surface area contributed by atoms with Crippen LogP contribution in [0.15, 0.2) is 11.1 Å². The molecule has 0 bridgehead atoms. The third-order valence-corrected chi connectivity index (χ3v) is 2.46. The smallest absolute Gasteiger partial charge is 0.140 e. The largest absolute Gasteiger partial charge is 0.299 e. The number of halogens is 1. The highest BCUT2D eigenvalue weighted by Gasteiger charge is 2.01. The third kappa shape index (κ3) is 3.74. The van der Waals surface area contributed by atoms with E-state index in [-0.39, 0.29) is 5.78 Å². The van der Waals surface area contributed by atoms with Crippen molar-refractivity contribution in [1.82, 2.24) is 9.97 Å². The van der Waals surface area contributed by atoms with Gasteiger partial charge in [-0.1, -0.05) is 23.4 Å². The number of ketones is 1. The molecule has 1 aromatic heterocycles. The van der Waals surface area contributed by atoms with Crippen molar-refractivity contribution in [2.75, 3.05) is 5.75 Å². The van der Waals surface area contributed by atoms with E-state index in [2.05, 4.69) is 9.97 Å². The highest BCUT2D eigenvalue weighted by atomic mass is 35.5. The molecule has 0 aromatic carbocycles. The first-order valence-electron chi connectivity index (χ1n) is 3.71. The highest BCUT2D eigenvalue weighted by molar-refractivity contribution is 7.99. The van der Waals surface area contributed by atoms with Gasteiger partial charge >= 0.3 is 0 Å². The Morgan fingerprint density at radius 2 is 2.31 bits per heavy atom. The van der Waals surface area contributed by atoms with Crippen LogP contribution in [0.3, 0.4) is 0 Å². The number of nitrogens with zero attached hydrogens (tertiary/aromatic N) is 2. The quantitative estimate of drug-likeness (QED) is 0.574. The van der Waals surface area contributed by atoms with Crippen LogP contribution < -0.4 is 0 Å². The van der Waals surface area contributed by atoms with Crippen LogP contribution in [0.5, 0.6) is 0 Å². The molecular formula is C8H9ClN2OS. The van der Waals surface area contributed by atoms with Gasteiger partial charge in [0.1, 0.15) is 21.8 Å². The number of rotatable bonds is 3. The van der Waals surface area contributed by atoms with Crippen molar-refractivity contribution in [2.24, 2.45) is 0 Å². The first kappa shape index (κ1) is 10.5. The van der Waals surface area contributed by atoms with Gasteiger partial charge in [-0.15, -0.1) is 0 Å². The van der Waals surface area contributed by atoms with Gasteiger partial charge in [0, 0.05) is 6.07 Å². The second-order valence-corrected chi connectivity index (χ2v) is 3.95. The molecule has 0 amide bonds. The Kier molecular flexibility index (Phi) is 3.69. The standard InChI is InChI=1S/C8H9ClN2OS/c1-5(12)4-13-8-3-7(9)10-6(2)11-8/h3H,4H2,1-2H3. The van der Waals surface area contributed by atoms with Crippen LogP contribution in [0.1, 0.15) is 12.7 Å². The molecule has 0 saturated carbocycles. The van der Waals surface area contributed by atoms with Crippen LogP contribution in [-0.4, -0.2) is 21.5 Å². The molecule has 0 N–H and O–H groups in total. The Balaban J connectivity index is 2.71. The van der Waals surface area contributed by atoms with Crippen LogP contribution >= 0.6 is 23.4 Å². The lowest BCUT2D eigenvalue weighted by atomic mass is 10.5. The molecular weight excluding hydrogens is 208 g/mol. The zero-order valence-corrected chi connectivity index (χ0v) is 8.95. The van der Waals surface area contributed by atoms with E-state index >= 15 is 0 Å². The Bertz CT molecular complexity index is 310. The number of aromatic nitrogens is 2. The fourth-order valence-corrected chi connectivity index (χ4v) is 1.79. The number of hydrogen-bond donors (Lipinski definition) is 0. The molecule has 1 rings (SSSR count). The van der Waals surface area contributed by atoms with E-state index in [0.717, 1.165) is 5.03 Å². The zero-order chi connectivity index (χ0) is 9.84. The van der Waals surface area contributed by atoms with E-state index in [1.54, 1.807) is 19.9 Å². The summed E-state index contributed by atoms with van der Waals surface area (Å²) in [7, 11) is 0. The number of Topliss-reactive ketones (excluding diaryl/α,β-unsaturated/α-hetero) is 1. The van der Waals surface area contributed by atoms with E-state index in [1.165, 1.54) is 11.8 Å². The fraction of sp³-hybridized carbons (Fsp3) is 0.375. The molecule has 0 atom stereocenters. The Labute approximate surface area is 85.9 Å². The number of carbonyl (C=O) groups excluding carboxylic acids is 1. The van der Waals surface area contributed by atoms with Gasteiger partial charge < -0.3 is 0 Å². The number of aryl methyl sites for hydroxylation is 1. The van der Waals surface area contributed by atoms with E-state index in [1.807, 2.05) is 0 Å². The molecule has 3 nitrogen and oxygen atoms in total. The zero-order valence-electron chi connectivity index (χ0n) is 7.37.